The molecule has 15 nitrogen and oxygen atoms in total. The average molecular weight is 721 g/mol. The Morgan fingerprint density at radius 1 is 1.18 bits per heavy atom. The van der Waals surface area contributed by atoms with Crippen LogP contribution < -0.4 is 0 Å². The number of ether oxygens (including phenoxy) is 6. The molecule has 2 saturated heterocycles. The van der Waals surface area contributed by atoms with Gasteiger partial charge in [-0.1, -0.05) is 40.7 Å². The molecule has 2 aliphatic carbocycles. The van der Waals surface area contributed by atoms with Crippen LogP contribution in [-0.2, 0) is 52.4 Å². The minimum atomic E-state index is -2.51. The highest BCUT2D eigenvalue weighted by Gasteiger charge is 2.78. The van der Waals surface area contributed by atoms with E-state index in [0.717, 1.165) is 6.92 Å². The summed E-state index contributed by atoms with van der Waals surface area (Å²) < 4.78 is 40.0. The second-order valence-electron chi connectivity index (χ2n) is 15.0. The number of fused-ring (bicyclic) bond motifs is 3. The molecule has 2 saturated carbocycles. The van der Waals surface area contributed by atoms with Crippen molar-refractivity contribution in [3.63, 3.8) is 0 Å². The molecule has 0 radical (unpaired) electrons. The molecule has 0 unspecified atom stereocenters. The van der Waals surface area contributed by atoms with E-state index < -0.39 is 113 Å². The number of hydrogen-bond donors (Lipinski definition) is 3. The zero-order valence-electron chi connectivity index (χ0n) is 29.9. The van der Waals surface area contributed by atoms with Crippen LogP contribution in [0.1, 0.15) is 78.7 Å². The molecule has 0 amide bonds. The van der Waals surface area contributed by atoms with E-state index in [1.54, 1.807) is 33.8 Å². The van der Waals surface area contributed by atoms with E-state index in [1.165, 1.54) is 26.6 Å². The van der Waals surface area contributed by atoms with Gasteiger partial charge in [0.1, 0.15) is 18.3 Å². The molecule has 0 aromatic carbocycles. The van der Waals surface area contributed by atoms with E-state index in [2.05, 4.69) is 6.58 Å². The smallest absolute Gasteiger partial charge is 0.335 e. The Bertz CT molecular complexity index is 1560. The second kappa shape index (κ2) is 13.4. The summed E-state index contributed by atoms with van der Waals surface area (Å²) in [7, 11) is 1.17. The highest BCUT2D eigenvalue weighted by atomic mass is 16.9. The lowest BCUT2D eigenvalue weighted by Crippen LogP contribution is -2.72. The summed E-state index contributed by atoms with van der Waals surface area (Å²) >= 11 is 0. The number of furan rings is 1. The minimum absolute atomic E-state index is 0.117. The van der Waals surface area contributed by atoms with Crippen LogP contribution in [-0.4, -0.2) is 101 Å². The van der Waals surface area contributed by atoms with Crippen molar-refractivity contribution in [2.45, 2.75) is 115 Å². The molecule has 1 aromatic rings. The normalized spacial score (nSPS) is 41.5. The molecule has 2 bridgehead atoms. The van der Waals surface area contributed by atoms with Crippen LogP contribution in [0.5, 0.6) is 0 Å². The van der Waals surface area contributed by atoms with E-state index in [1.807, 2.05) is 0 Å². The molecular formula is C36H48O15. The first-order valence-corrected chi connectivity index (χ1v) is 17.0. The fourth-order valence-electron chi connectivity index (χ4n) is 9.45. The molecule has 3 heterocycles. The lowest BCUT2D eigenvalue weighted by atomic mass is 9.46. The van der Waals surface area contributed by atoms with E-state index in [9.17, 15) is 39.3 Å². The van der Waals surface area contributed by atoms with Gasteiger partial charge < -0.3 is 48.2 Å². The van der Waals surface area contributed by atoms with E-state index >= 15 is 0 Å². The summed E-state index contributed by atoms with van der Waals surface area (Å²) in [6, 6.07) is 1.59. The van der Waals surface area contributed by atoms with Crippen LogP contribution in [0.4, 0.5) is 0 Å². The van der Waals surface area contributed by atoms with Crippen molar-refractivity contribution in [3.8, 4) is 0 Å². The van der Waals surface area contributed by atoms with Crippen LogP contribution in [0, 0.1) is 28.6 Å². The third kappa shape index (κ3) is 5.81. The summed E-state index contributed by atoms with van der Waals surface area (Å²) in [5.41, 5.74) is -7.24. The third-order valence-corrected chi connectivity index (χ3v) is 12.4. The number of Topliss-reactive ketones (excluding diaryl/α,β-unsaturated/α-hetero) is 1. The zero-order valence-corrected chi connectivity index (χ0v) is 29.9. The van der Waals surface area contributed by atoms with Crippen LogP contribution in [0.15, 0.2) is 35.2 Å². The van der Waals surface area contributed by atoms with Gasteiger partial charge in [0.2, 0.25) is 0 Å². The molecular weight excluding hydrogens is 672 g/mol. The van der Waals surface area contributed by atoms with Gasteiger partial charge in [0.25, 0.3) is 12.4 Å². The fraction of sp³-hybridized carbons (Fsp3) is 0.694. The fourth-order valence-corrected chi connectivity index (χ4v) is 9.45. The Labute approximate surface area is 295 Å². The van der Waals surface area contributed by atoms with Crippen molar-refractivity contribution >= 4 is 30.2 Å². The molecule has 15 heteroatoms. The monoisotopic (exact) mass is 720 g/mol. The van der Waals surface area contributed by atoms with Crippen molar-refractivity contribution in [1.29, 1.82) is 0 Å². The maximum atomic E-state index is 14.4. The molecule has 2 aliphatic heterocycles. The summed E-state index contributed by atoms with van der Waals surface area (Å²) in [4.78, 5) is 66.6. The number of carbonyl (C=O) groups excluding carboxylic acids is 5. The predicted molar refractivity (Wildman–Crippen MR) is 172 cm³/mol. The third-order valence-electron chi connectivity index (χ3n) is 12.4. The predicted octanol–water partition coefficient (Wildman–Crippen LogP) is 2.09. The summed E-state index contributed by atoms with van der Waals surface area (Å²) in [5.74, 6) is -9.67. The first-order chi connectivity index (χ1) is 23.8. The standard InChI is InChI=1S/C36H48O15/c1-9-18(2)28(41)31(42)50-30-29(47-17-37)27(19(3)36(44)24(39)12-22(34(30,36)7)21-10-11-46-15-21)33(6)23(13-26(40)45-8)32(5)16-48-35(43,51-32)14-25(33)49-20(4)38/h10-11,15,17-18,22-23,25,27-30,41,43-44H,3,9,12-14,16H2,1-2,4-8H3/t18-,22+,23+,25+,27-,28-,29-,30-,32-,33-,34-,35+,36-/m0/s1. The Balaban J connectivity index is 1.82. The summed E-state index contributed by atoms with van der Waals surface area (Å²) in [6.45, 7) is 13.3. The highest BCUT2D eigenvalue weighted by Crippen LogP contribution is 2.69. The maximum absolute atomic E-state index is 14.4. The minimum Gasteiger partial charge on any atom is -0.472 e. The van der Waals surface area contributed by atoms with Gasteiger partial charge in [0.05, 0.1) is 50.1 Å². The quantitative estimate of drug-likeness (QED) is 0.129. The topological polar surface area (TPSA) is 215 Å². The molecule has 13 atom stereocenters. The summed E-state index contributed by atoms with van der Waals surface area (Å²) in [5, 5.41) is 35.5. The Morgan fingerprint density at radius 2 is 1.86 bits per heavy atom. The van der Waals surface area contributed by atoms with Gasteiger partial charge in [-0.25, -0.2) is 4.79 Å². The number of hydrogen-bond acceptors (Lipinski definition) is 15. The second-order valence-corrected chi connectivity index (χ2v) is 15.0. The Kier molecular flexibility index (Phi) is 10.1. The van der Waals surface area contributed by atoms with Gasteiger partial charge in [-0.15, -0.1) is 0 Å². The first kappa shape index (κ1) is 38.6. The van der Waals surface area contributed by atoms with Gasteiger partial charge in [0, 0.05) is 36.5 Å². The number of aliphatic hydroxyl groups excluding tert-OH is 1. The molecule has 4 aliphatic rings. The van der Waals surface area contributed by atoms with Crippen molar-refractivity contribution < 1.29 is 72.1 Å². The molecule has 4 fully saturated rings. The van der Waals surface area contributed by atoms with Gasteiger partial charge in [-0.05, 0) is 30.0 Å². The van der Waals surface area contributed by atoms with Crippen molar-refractivity contribution in [2.24, 2.45) is 28.6 Å². The summed E-state index contributed by atoms with van der Waals surface area (Å²) in [6.07, 6.45) is -4.39. The zero-order chi connectivity index (χ0) is 37.9. The number of methoxy groups -OCH3 is 1. The average Bonchev–Trinajstić information content (AvgIpc) is 3.76. The van der Waals surface area contributed by atoms with Crippen molar-refractivity contribution in [3.05, 3.63) is 36.3 Å². The number of ketones is 1. The molecule has 282 valence electrons. The SMILES string of the molecule is C=C1[C@H]([C@]2(C)[C@H](OC(C)=O)C[C@@]3(O)OC[C@](C)(O3)[C@H]2CC(=O)OC)[C@H](OC=O)[C@H](OC(=O)[C@@H](O)[C@@H](C)CC)[C@]2(C)[C@@H](c3ccoc3)CC(=O)[C@@]12O. The molecule has 0 spiro atoms. The molecule has 5 rings (SSSR count). The number of aliphatic hydroxyl groups is 3. The number of rotatable bonds is 11. The van der Waals surface area contributed by atoms with Gasteiger partial charge in [-0.2, -0.15) is 0 Å². The van der Waals surface area contributed by atoms with E-state index in [0.29, 0.717) is 12.0 Å². The molecule has 51 heavy (non-hydrogen) atoms. The first-order valence-electron chi connectivity index (χ1n) is 17.0. The largest absolute Gasteiger partial charge is 0.472 e. The highest BCUT2D eigenvalue weighted by molar-refractivity contribution is 5.96. The van der Waals surface area contributed by atoms with Crippen LogP contribution in [0.25, 0.3) is 0 Å². The van der Waals surface area contributed by atoms with Crippen LogP contribution >= 0.6 is 0 Å². The maximum Gasteiger partial charge on any atom is 0.335 e. The number of carbonyl (C=O) groups is 5. The van der Waals surface area contributed by atoms with Gasteiger partial charge in [-0.3, -0.25) is 19.2 Å². The molecule has 3 N–H and O–H groups in total. The van der Waals surface area contributed by atoms with E-state index in [-0.39, 0.29) is 25.1 Å². The van der Waals surface area contributed by atoms with Crippen molar-refractivity contribution in [2.75, 3.05) is 13.7 Å². The van der Waals surface area contributed by atoms with Gasteiger partial charge in [0.15, 0.2) is 17.5 Å². The van der Waals surface area contributed by atoms with Crippen LogP contribution in [0.2, 0.25) is 0 Å². The van der Waals surface area contributed by atoms with Crippen molar-refractivity contribution in [1.82, 2.24) is 0 Å². The Morgan fingerprint density at radius 3 is 2.43 bits per heavy atom. The van der Waals surface area contributed by atoms with E-state index in [4.69, 9.17) is 32.8 Å². The van der Waals surface area contributed by atoms with Gasteiger partial charge >= 0.3 is 17.9 Å². The number of esters is 3. The Hall–Kier alpha value is -3.63. The molecule has 1 aromatic heterocycles. The lowest BCUT2D eigenvalue weighted by molar-refractivity contribution is -0.328. The van der Waals surface area contributed by atoms with Crippen LogP contribution in [0.3, 0.4) is 0 Å². The lowest BCUT2D eigenvalue weighted by Gasteiger charge is -2.61.